The fourth-order valence-electron chi connectivity index (χ4n) is 4.00. The summed E-state index contributed by atoms with van der Waals surface area (Å²) in [6, 6.07) is 8.43. The maximum Gasteiger partial charge on any atom is 0.226 e. The second kappa shape index (κ2) is 6.30. The van der Waals surface area contributed by atoms with E-state index in [0.29, 0.717) is 19.1 Å². The molecule has 2 aliphatic rings. The minimum Gasteiger partial charge on any atom is -0.494 e. The molecule has 1 N–H and O–H groups in total. The van der Waals surface area contributed by atoms with Crippen molar-refractivity contribution in [2.45, 2.75) is 51.0 Å². The van der Waals surface area contributed by atoms with E-state index >= 15 is 0 Å². The Kier molecular flexibility index (Phi) is 4.00. The van der Waals surface area contributed by atoms with Gasteiger partial charge in [-0.15, -0.1) is 0 Å². The van der Waals surface area contributed by atoms with Crippen LogP contribution in [0.5, 0.6) is 5.75 Å². The molecular formula is C19H23N3O2. The number of rotatable bonds is 4. The van der Waals surface area contributed by atoms with Gasteiger partial charge >= 0.3 is 0 Å². The number of fused-ring (bicyclic) bond motifs is 1. The minimum atomic E-state index is 0.00616. The molecule has 126 valence electrons. The molecule has 1 unspecified atom stereocenters. The molecule has 0 saturated heterocycles. The molecule has 1 aromatic heterocycles. The maximum atomic E-state index is 12.4. The van der Waals surface area contributed by atoms with Crippen LogP contribution < -0.4 is 10.1 Å². The molecule has 1 atom stereocenters. The third kappa shape index (κ3) is 2.58. The summed E-state index contributed by atoms with van der Waals surface area (Å²) in [4.78, 5) is 12.4. The van der Waals surface area contributed by atoms with E-state index in [0.717, 1.165) is 35.5 Å². The summed E-state index contributed by atoms with van der Waals surface area (Å²) < 4.78 is 7.83. The molecule has 1 aromatic carbocycles. The van der Waals surface area contributed by atoms with Crippen LogP contribution in [0.15, 0.2) is 30.5 Å². The lowest BCUT2D eigenvalue weighted by Crippen LogP contribution is -2.26. The number of para-hydroxylation sites is 1. The summed E-state index contributed by atoms with van der Waals surface area (Å²) in [5, 5.41) is 7.68. The van der Waals surface area contributed by atoms with E-state index in [-0.39, 0.29) is 11.8 Å². The molecule has 1 amide bonds. The second-order valence-electron chi connectivity index (χ2n) is 6.61. The lowest BCUT2D eigenvalue weighted by atomic mass is 9.87. The number of hydrogen-bond donors (Lipinski definition) is 1. The molecule has 5 nitrogen and oxygen atoms in total. The zero-order chi connectivity index (χ0) is 16.5. The van der Waals surface area contributed by atoms with Crippen molar-refractivity contribution in [2.75, 3.05) is 11.9 Å². The number of carbonyl (C=O) groups is 1. The van der Waals surface area contributed by atoms with Gasteiger partial charge < -0.3 is 10.1 Å². The van der Waals surface area contributed by atoms with Gasteiger partial charge in [-0.3, -0.25) is 4.79 Å². The van der Waals surface area contributed by atoms with Crippen LogP contribution in [0.4, 0.5) is 5.82 Å². The van der Waals surface area contributed by atoms with Gasteiger partial charge in [0.25, 0.3) is 0 Å². The first kappa shape index (κ1) is 15.2. The molecule has 1 fully saturated rings. The first-order chi connectivity index (χ1) is 11.8. The van der Waals surface area contributed by atoms with E-state index < -0.39 is 0 Å². The molecule has 0 bridgehead atoms. The Balaban J connectivity index is 1.76. The van der Waals surface area contributed by atoms with Gasteiger partial charge in [0.2, 0.25) is 5.91 Å². The van der Waals surface area contributed by atoms with Gasteiger partial charge in [-0.25, -0.2) is 4.68 Å². The van der Waals surface area contributed by atoms with Crippen LogP contribution in [0.3, 0.4) is 0 Å². The fraction of sp³-hybridized carbons (Fsp3) is 0.474. The molecule has 24 heavy (non-hydrogen) atoms. The quantitative estimate of drug-likeness (QED) is 0.928. The number of nitrogens with zero attached hydrogens (tertiary/aromatic N) is 2. The van der Waals surface area contributed by atoms with Crippen molar-refractivity contribution in [3.63, 3.8) is 0 Å². The van der Waals surface area contributed by atoms with Gasteiger partial charge in [0, 0.05) is 23.5 Å². The van der Waals surface area contributed by atoms with Gasteiger partial charge in [0.15, 0.2) is 0 Å². The van der Waals surface area contributed by atoms with E-state index in [1.54, 1.807) is 0 Å². The first-order valence-electron chi connectivity index (χ1n) is 8.87. The minimum absolute atomic E-state index is 0.00616. The van der Waals surface area contributed by atoms with Crippen molar-refractivity contribution in [3.05, 3.63) is 41.6 Å². The predicted molar refractivity (Wildman–Crippen MR) is 92.4 cm³/mol. The van der Waals surface area contributed by atoms with Crippen LogP contribution in [0, 0.1) is 0 Å². The van der Waals surface area contributed by atoms with E-state index in [2.05, 4.69) is 16.5 Å². The smallest absolute Gasteiger partial charge is 0.226 e. The number of hydrogen-bond acceptors (Lipinski definition) is 3. The van der Waals surface area contributed by atoms with Crippen molar-refractivity contribution < 1.29 is 9.53 Å². The number of aromatic nitrogens is 2. The van der Waals surface area contributed by atoms with Crippen molar-refractivity contribution in [1.29, 1.82) is 0 Å². The Morgan fingerprint density at radius 1 is 1.25 bits per heavy atom. The standard InChI is InChI=1S/C19H23N3O2/c1-2-24-17-10-6-5-9-14(17)15-11-18(23)21-19-16(15)12-20-22(19)13-7-3-4-8-13/h5-6,9-10,12-13,15H,2-4,7-8,11H2,1H3,(H,21,23). The van der Waals surface area contributed by atoms with E-state index in [9.17, 15) is 4.79 Å². The maximum absolute atomic E-state index is 12.4. The van der Waals surface area contributed by atoms with Gasteiger partial charge in [0.1, 0.15) is 11.6 Å². The molecule has 1 saturated carbocycles. The van der Waals surface area contributed by atoms with Crippen LogP contribution in [-0.4, -0.2) is 22.3 Å². The van der Waals surface area contributed by atoms with Gasteiger partial charge in [-0.2, -0.15) is 5.10 Å². The fourth-order valence-corrected chi connectivity index (χ4v) is 4.00. The molecule has 1 aliphatic heterocycles. The number of amides is 1. The van der Waals surface area contributed by atoms with E-state index in [4.69, 9.17) is 4.74 Å². The lowest BCUT2D eigenvalue weighted by Gasteiger charge is -2.26. The Bertz CT molecular complexity index is 747. The zero-order valence-electron chi connectivity index (χ0n) is 14.0. The first-order valence-corrected chi connectivity index (χ1v) is 8.87. The van der Waals surface area contributed by atoms with Crippen molar-refractivity contribution >= 4 is 11.7 Å². The van der Waals surface area contributed by atoms with Crippen LogP contribution in [-0.2, 0) is 4.79 Å². The monoisotopic (exact) mass is 325 g/mol. The highest BCUT2D eigenvalue weighted by Crippen LogP contribution is 2.42. The van der Waals surface area contributed by atoms with Gasteiger partial charge in [-0.05, 0) is 25.8 Å². The van der Waals surface area contributed by atoms with E-state index in [1.165, 1.54) is 12.8 Å². The Morgan fingerprint density at radius 2 is 2.04 bits per heavy atom. The summed E-state index contributed by atoms with van der Waals surface area (Å²) in [5.74, 6) is 1.80. The number of ether oxygens (including phenoxy) is 1. The molecule has 4 rings (SSSR count). The Morgan fingerprint density at radius 3 is 2.83 bits per heavy atom. The number of nitrogens with one attached hydrogen (secondary N) is 1. The third-order valence-electron chi connectivity index (χ3n) is 5.11. The molecule has 2 aromatic rings. The van der Waals surface area contributed by atoms with Crippen LogP contribution in [0.1, 0.15) is 62.1 Å². The molecular weight excluding hydrogens is 302 g/mol. The summed E-state index contributed by atoms with van der Waals surface area (Å²) in [7, 11) is 0. The van der Waals surface area contributed by atoms with Crippen LogP contribution >= 0.6 is 0 Å². The highest BCUT2D eigenvalue weighted by atomic mass is 16.5. The Labute approximate surface area is 142 Å². The topological polar surface area (TPSA) is 56.1 Å². The van der Waals surface area contributed by atoms with Crippen molar-refractivity contribution in [2.24, 2.45) is 0 Å². The zero-order valence-corrected chi connectivity index (χ0v) is 14.0. The van der Waals surface area contributed by atoms with Gasteiger partial charge in [0.05, 0.1) is 18.8 Å². The summed E-state index contributed by atoms with van der Waals surface area (Å²) in [5.41, 5.74) is 2.18. The predicted octanol–water partition coefficient (Wildman–Crippen LogP) is 3.87. The molecule has 0 radical (unpaired) electrons. The summed E-state index contributed by atoms with van der Waals surface area (Å²) in [6.45, 7) is 2.60. The molecule has 5 heteroatoms. The molecule has 0 spiro atoms. The van der Waals surface area contributed by atoms with Crippen LogP contribution in [0.25, 0.3) is 0 Å². The van der Waals surface area contributed by atoms with E-state index in [1.807, 2.05) is 36.0 Å². The Hall–Kier alpha value is -2.30. The summed E-state index contributed by atoms with van der Waals surface area (Å²) >= 11 is 0. The highest BCUT2D eigenvalue weighted by Gasteiger charge is 2.33. The molecule has 2 heterocycles. The van der Waals surface area contributed by atoms with Gasteiger partial charge in [-0.1, -0.05) is 31.0 Å². The number of carbonyl (C=O) groups excluding carboxylic acids is 1. The average Bonchev–Trinajstić information content (AvgIpc) is 3.24. The van der Waals surface area contributed by atoms with Crippen molar-refractivity contribution in [3.8, 4) is 5.75 Å². The number of anilines is 1. The average molecular weight is 325 g/mol. The van der Waals surface area contributed by atoms with Crippen molar-refractivity contribution in [1.82, 2.24) is 9.78 Å². The highest BCUT2D eigenvalue weighted by molar-refractivity contribution is 5.94. The second-order valence-corrected chi connectivity index (χ2v) is 6.61. The number of benzene rings is 1. The SMILES string of the molecule is CCOc1ccccc1C1CC(=O)Nc2c1cnn2C1CCCC1. The molecule has 1 aliphatic carbocycles. The third-order valence-corrected chi connectivity index (χ3v) is 5.11. The van der Waals surface area contributed by atoms with Crippen LogP contribution in [0.2, 0.25) is 0 Å². The normalized spacial score (nSPS) is 20.7. The lowest BCUT2D eigenvalue weighted by molar-refractivity contribution is -0.116. The largest absolute Gasteiger partial charge is 0.494 e. The summed E-state index contributed by atoms with van der Waals surface area (Å²) in [6.07, 6.45) is 7.13.